The van der Waals surface area contributed by atoms with Crippen LogP contribution < -0.4 is 10.5 Å². The summed E-state index contributed by atoms with van der Waals surface area (Å²) in [7, 11) is 0. The molecule has 0 bridgehead atoms. The molecule has 0 saturated carbocycles. The predicted molar refractivity (Wildman–Crippen MR) is 79.6 cm³/mol. The second kappa shape index (κ2) is 7.68. The van der Waals surface area contributed by atoms with E-state index in [0.717, 1.165) is 12.1 Å². The Labute approximate surface area is 120 Å². The minimum atomic E-state index is 0.391. The molecule has 0 aliphatic heterocycles. The van der Waals surface area contributed by atoms with Gasteiger partial charge in [0.2, 0.25) is 5.88 Å². The van der Waals surface area contributed by atoms with Crippen LogP contribution in [0.3, 0.4) is 0 Å². The number of hydrogen-bond acceptors (Lipinski definition) is 4. The molecule has 0 aromatic carbocycles. The summed E-state index contributed by atoms with van der Waals surface area (Å²) in [5.74, 6) is 0.581. The largest absolute Gasteiger partial charge is 0.476 e. The second-order valence-electron chi connectivity index (χ2n) is 5.09. The van der Waals surface area contributed by atoms with Crippen molar-refractivity contribution in [3.05, 3.63) is 22.8 Å². The highest BCUT2D eigenvalue weighted by Crippen LogP contribution is 2.18. The monoisotopic (exact) mass is 285 g/mol. The minimum absolute atomic E-state index is 0.391. The van der Waals surface area contributed by atoms with E-state index in [2.05, 4.69) is 37.6 Å². The Bertz CT molecular complexity index is 388. The number of hydrogen-bond donors (Lipinski definition) is 1. The first kappa shape index (κ1) is 16.2. The van der Waals surface area contributed by atoms with Crippen molar-refractivity contribution in [2.24, 2.45) is 5.73 Å². The molecule has 1 heterocycles. The standard InChI is InChI=1S/C14H24ClN3O/c1-10(2)18(11(3)4)5-6-19-14-7-12(8-16)13(15)9-17-14/h7,9-11H,5-6,8,16H2,1-4H3. The van der Waals surface area contributed by atoms with Crippen LogP contribution >= 0.6 is 11.6 Å². The molecule has 0 unspecified atom stereocenters. The Kier molecular flexibility index (Phi) is 6.55. The van der Waals surface area contributed by atoms with Crippen LogP contribution in [0.1, 0.15) is 33.3 Å². The Balaban J connectivity index is 2.53. The number of pyridine rings is 1. The highest BCUT2D eigenvalue weighted by atomic mass is 35.5. The maximum absolute atomic E-state index is 5.96. The molecule has 0 fully saturated rings. The van der Waals surface area contributed by atoms with Crippen molar-refractivity contribution in [3.8, 4) is 5.88 Å². The van der Waals surface area contributed by atoms with Crippen molar-refractivity contribution < 1.29 is 4.74 Å². The molecule has 0 aliphatic rings. The highest BCUT2D eigenvalue weighted by Gasteiger charge is 2.13. The van der Waals surface area contributed by atoms with E-state index in [4.69, 9.17) is 22.1 Å². The molecule has 0 aliphatic carbocycles. The zero-order valence-electron chi connectivity index (χ0n) is 12.2. The SMILES string of the molecule is CC(C)N(CCOc1cc(CN)c(Cl)cn1)C(C)C. The van der Waals surface area contributed by atoms with Crippen molar-refractivity contribution in [3.63, 3.8) is 0 Å². The molecule has 0 radical (unpaired) electrons. The fraction of sp³-hybridized carbons (Fsp3) is 0.643. The lowest BCUT2D eigenvalue weighted by atomic mass is 10.2. The molecule has 5 heteroatoms. The number of nitrogens with zero attached hydrogens (tertiary/aromatic N) is 2. The maximum atomic E-state index is 5.96. The van der Waals surface area contributed by atoms with Gasteiger partial charge < -0.3 is 10.5 Å². The summed E-state index contributed by atoms with van der Waals surface area (Å²) in [4.78, 5) is 6.52. The van der Waals surface area contributed by atoms with Gasteiger partial charge in [-0.1, -0.05) is 11.6 Å². The van der Waals surface area contributed by atoms with Crippen LogP contribution in [0.25, 0.3) is 0 Å². The van der Waals surface area contributed by atoms with E-state index in [1.54, 1.807) is 12.3 Å². The Morgan fingerprint density at radius 1 is 1.32 bits per heavy atom. The number of rotatable bonds is 7. The van der Waals surface area contributed by atoms with Gasteiger partial charge in [-0.25, -0.2) is 4.98 Å². The van der Waals surface area contributed by atoms with E-state index >= 15 is 0 Å². The van der Waals surface area contributed by atoms with E-state index in [1.165, 1.54) is 0 Å². The van der Waals surface area contributed by atoms with Gasteiger partial charge in [-0.2, -0.15) is 0 Å². The molecule has 4 nitrogen and oxygen atoms in total. The summed E-state index contributed by atoms with van der Waals surface area (Å²) in [5.41, 5.74) is 6.46. The Hall–Kier alpha value is -0.840. The quantitative estimate of drug-likeness (QED) is 0.837. The topological polar surface area (TPSA) is 51.4 Å². The van der Waals surface area contributed by atoms with Crippen LogP contribution in [0.4, 0.5) is 0 Å². The first-order valence-electron chi connectivity index (χ1n) is 6.68. The first-order valence-corrected chi connectivity index (χ1v) is 7.06. The van der Waals surface area contributed by atoms with Crippen LogP contribution in [0.2, 0.25) is 5.02 Å². The van der Waals surface area contributed by atoms with Crippen molar-refractivity contribution in [1.29, 1.82) is 0 Å². The van der Waals surface area contributed by atoms with Gasteiger partial charge in [0.1, 0.15) is 6.61 Å². The molecule has 1 rings (SSSR count). The molecule has 1 aromatic rings. The molecular weight excluding hydrogens is 262 g/mol. The molecule has 0 atom stereocenters. The predicted octanol–water partition coefficient (Wildman–Crippen LogP) is 2.69. The summed E-state index contributed by atoms with van der Waals surface area (Å²) in [5, 5.41) is 0.584. The lowest BCUT2D eigenvalue weighted by molar-refractivity contribution is 0.140. The number of ether oxygens (including phenoxy) is 1. The van der Waals surface area contributed by atoms with E-state index in [1.807, 2.05) is 0 Å². The highest BCUT2D eigenvalue weighted by molar-refractivity contribution is 6.31. The normalized spacial score (nSPS) is 11.6. The number of nitrogens with two attached hydrogens (primary N) is 1. The minimum Gasteiger partial charge on any atom is -0.476 e. The van der Waals surface area contributed by atoms with Gasteiger partial charge in [-0.05, 0) is 33.3 Å². The molecule has 0 amide bonds. The summed E-state index contributed by atoms with van der Waals surface area (Å²) >= 11 is 5.96. The fourth-order valence-electron chi connectivity index (χ4n) is 2.06. The van der Waals surface area contributed by atoms with Gasteiger partial charge in [0, 0.05) is 37.4 Å². The maximum Gasteiger partial charge on any atom is 0.213 e. The van der Waals surface area contributed by atoms with Gasteiger partial charge in [0.15, 0.2) is 0 Å². The third-order valence-electron chi connectivity index (χ3n) is 3.06. The zero-order chi connectivity index (χ0) is 14.4. The first-order chi connectivity index (χ1) is 8.95. The van der Waals surface area contributed by atoms with Gasteiger partial charge in [-0.3, -0.25) is 4.90 Å². The Morgan fingerprint density at radius 2 is 1.95 bits per heavy atom. The summed E-state index contributed by atoms with van der Waals surface area (Å²) < 4.78 is 5.67. The molecule has 0 spiro atoms. The molecule has 1 aromatic heterocycles. The second-order valence-corrected chi connectivity index (χ2v) is 5.50. The molecule has 19 heavy (non-hydrogen) atoms. The molecule has 108 valence electrons. The van der Waals surface area contributed by atoms with Crippen molar-refractivity contribution in [1.82, 2.24) is 9.88 Å². The van der Waals surface area contributed by atoms with Crippen molar-refractivity contribution in [2.45, 2.75) is 46.3 Å². The number of halogens is 1. The zero-order valence-corrected chi connectivity index (χ0v) is 12.9. The fourth-order valence-corrected chi connectivity index (χ4v) is 2.24. The number of aromatic nitrogens is 1. The van der Waals surface area contributed by atoms with Gasteiger partial charge in [0.25, 0.3) is 0 Å². The molecular formula is C14H24ClN3O. The molecule has 0 saturated heterocycles. The van der Waals surface area contributed by atoms with Crippen LogP contribution in [0, 0.1) is 0 Å². The van der Waals surface area contributed by atoms with E-state index in [0.29, 0.717) is 36.1 Å². The summed E-state index contributed by atoms with van der Waals surface area (Å²) in [6.45, 7) is 10.6. The lowest BCUT2D eigenvalue weighted by Gasteiger charge is -2.30. The van der Waals surface area contributed by atoms with E-state index in [9.17, 15) is 0 Å². The molecule has 2 N–H and O–H groups in total. The van der Waals surface area contributed by atoms with Gasteiger partial charge >= 0.3 is 0 Å². The van der Waals surface area contributed by atoms with E-state index < -0.39 is 0 Å². The van der Waals surface area contributed by atoms with Crippen LogP contribution in [0.15, 0.2) is 12.3 Å². The summed E-state index contributed by atoms with van der Waals surface area (Å²) in [6.07, 6.45) is 1.59. The van der Waals surface area contributed by atoms with E-state index in [-0.39, 0.29) is 0 Å². The van der Waals surface area contributed by atoms with Crippen molar-refractivity contribution in [2.75, 3.05) is 13.2 Å². The van der Waals surface area contributed by atoms with Gasteiger partial charge in [0.05, 0.1) is 5.02 Å². The van der Waals surface area contributed by atoms with Gasteiger partial charge in [-0.15, -0.1) is 0 Å². The Morgan fingerprint density at radius 3 is 2.47 bits per heavy atom. The van der Waals surface area contributed by atoms with Crippen LogP contribution in [-0.2, 0) is 6.54 Å². The average Bonchev–Trinajstić information content (AvgIpc) is 2.35. The lowest BCUT2D eigenvalue weighted by Crippen LogP contribution is -2.39. The van der Waals surface area contributed by atoms with Crippen molar-refractivity contribution >= 4 is 11.6 Å². The average molecular weight is 286 g/mol. The smallest absolute Gasteiger partial charge is 0.213 e. The summed E-state index contributed by atoms with van der Waals surface area (Å²) in [6, 6.07) is 2.81. The third kappa shape index (κ3) is 4.97. The third-order valence-corrected chi connectivity index (χ3v) is 3.40. The van der Waals surface area contributed by atoms with Crippen LogP contribution in [-0.4, -0.2) is 35.1 Å². The van der Waals surface area contributed by atoms with Crippen LogP contribution in [0.5, 0.6) is 5.88 Å².